The van der Waals surface area contributed by atoms with E-state index in [1.54, 1.807) is 20.8 Å². The third kappa shape index (κ3) is 5.18. The molecule has 1 aromatic carbocycles. The number of hydrogen-bond donors (Lipinski definition) is 1. The summed E-state index contributed by atoms with van der Waals surface area (Å²) in [7, 11) is 0. The van der Waals surface area contributed by atoms with Gasteiger partial charge in [-0.1, -0.05) is 6.07 Å². The Hall–Kier alpha value is -3.14. The van der Waals surface area contributed by atoms with E-state index in [1.165, 1.54) is 28.2 Å². The molecule has 1 atom stereocenters. The van der Waals surface area contributed by atoms with Crippen LogP contribution in [0.1, 0.15) is 41.0 Å². The van der Waals surface area contributed by atoms with Crippen LogP contribution in [0.15, 0.2) is 41.1 Å². The maximum atomic E-state index is 13.1. The van der Waals surface area contributed by atoms with Crippen LogP contribution in [0.2, 0.25) is 0 Å². The van der Waals surface area contributed by atoms with Gasteiger partial charge in [0.15, 0.2) is 6.04 Å². The molecule has 170 valence electrons. The lowest BCUT2D eigenvalue weighted by Crippen LogP contribution is -2.36. The fraction of sp³-hybridized carbons (Fsp3) is 0.318. The van der Waals surface area contributed by atoms with Crippen LogP contribution in [0.25, 0.3) is 5.69 Å². The monoisotopic (exact) mass is 465 g/mol. The molecular weight excluding hydrogens is 443 g/mol. The van der Waals surface area contributed by atoms with Gasteiger partial charge in [-0.3, -0.25) is 4.79 Å². The molecule has 10 heteroatoms. The summed E-state index contributed by atoms with van der Waals surface area (Å²) in [6.45, 7) is 5.01. The Morgan fingerprint density at radius 3 is 2.62 bits per heavy atom. The number of aromatic nitrogens is 2. The number of esters is 1. The summed E-state index contributed by atoms with van der Waals surface area (Å²) in [5.41, 5.74) is 1.40. The highest BCUT2D eigenvalue weighted by Crippen LogP contribution is 2.31. The molecule has 0 aliphatic carbocycles. The zero-order valence-corrected chi connectivity index (χ0v) is 18.5. The molecule has 0 aliphatic rings. The lowest BCUT2D eigenvalue weighted by molar-refractivity contribution is -0.147. The van der Waals surface area contributed by atoms with E-state index in [-0.39, 0.29) is 24.6 Å². The van der Waals surface area contributed by atoms with Crippen molar-refractivity contribution < 1.29 is 27.5 Å². The quantitative estimate of drug-likeness (QED) is 0.521. The normalized spacial score (nSPS) is 12.4. The number of hydrogen-bond acceptors (Lipinski definition) is 5. The van der Waals surface area contributed by atoms with Gasteiger partial charge < -0.3 is 10.1 Å². The second kappa shape index (κ2) is 9.56. The highest BCUT2D eigenvalue weighted by Gasteiger charge is 2.32. The summed E-state index contributed by atoms with van der Waals surface area (Å²) in [6.07, 6.45) is -4.42. The second-order valence-corrected chi connectivity index (χ2v) is 7.89. The summed E-state index contributed by atoms with van der Waals surface area (Å²) < 4.78 is 45.9. The summed E-state index contributed by atoms with van der Waals surface area (Å²) in [4.78, 5) is 25.3. The van der Waals surface area contributed by atoms with Gasteiger partial charge in [0.05, 0.1) is 30.0 Å². The Morgan fingerprint density at radius 1 is 1.25 bits per heavy atom. The molecule has 3 aromatic rings. The first-order chi connectivity index (χ1) is 15.1. The second-order valence-electron chi connectivity index (χ2n) is 7.11. The molecule has 0 saturated heterocycles. The van der Waals surface area contributed by atoms with Crippen molar-refractivity contribution in [2.45, 2.75) is 39.4 Å². The van der Waals surface area contributed by atoms with Gasteiger partial charge in [0.1, 0.15) is 0 Å². The van der Waals surface area contributed by atoms with E-state index in [9.17, 15) is 22.8 Å². The molecule has 0 fully saturated rings. The largest absolute Gasteiger partial charge is 0.464 e. The first kappa shape index (κ1) is 23.5. The van der Waals surface area contributed by atoms with Gasteiger partial charge >= 0.3 is 12.1 Å². The standard InChI is InChI=1S/C22H22F3N3O3S/c1-4-31-21(30)20(26-18(29)10-15-8-9-32-12-15)19-13(2)27-28(14(19)3)17-7-5-6-16(11-17)22(23,24)25/h5-9,11-12,20H,4,10H2,1-3H3,(H,26,29). The van der Waals surface area contributed by atoms with E-state index >= 15 is 0 Å². The summed E-state index contributed by atoms with van der Waals surface area (Å²) in [6, 6.07) is 5.42. The van der Waals surface area contributed by atoms with Gasteiger partial charge in [-0.05, 0) is 61.4 Å². The van der Waals surface area contributed by atoms with Gasteiger partial charge in [-0.15, -0.1) is 0 Å². The van der Waals surface area contributed by atoms with Crippen molar-refractivity contribution in [3.05, 3.63) is 69.2 Å². The number of carbonyl (C=O) groups is 2. The third-order valence-corrected chi connectivity index (χ3v) is 5.56. The lowest BCUT2D eigenvalue weighted by Gasteiger charge is -2.18. The molecule has 3 rings (SSSR count). The molecule has 2 aromatic heterocycles. The topological polar surface area (TPSA) is 73.2 Å². The molecule has 0 aliphatic heterocycles. The lowest BCUT2D eigenvalue weighted by atomic mass is 10.0. The number of halogens is 3. The first-order valence-electron chi connectivity index (χ1n) is 9.82. The van der Waals surface area contributed by atoms with Gasteiger partial charge in [0.25, 0.3) is 0 Å². The van der Waals surface area contributed by atoms with E-state index in [4.69, 9.17) is 4.74 Å². The van der Waals surface area contributed by atoms with E-state index in [0.717, 1.165) is 17.7 Å². The average Bonchev–Trinajstić information content (AvgIpc) is 3.33. The highest BCUT2D eigenvalue weighted by atomic mass is 32.1. The number of benzene rings is 1. The molecule has 0 radical (unpaired) electrons. The molecule has 32 heavy (non-hydrogen) atoms. The Morgan fingerprint density at radius 2 is 2.00 bits per heavy atom. The Bertz CT molecular complexity index is 1110. The number of alkyl halides is 3. The molecule has 2 heterocycles. The first-order valence-corrected chi connectivity index (χ1v) is 10.8. The zero-order valence-electron chi connectivity index (χ0n) is 17.7. The molecule has 6 nitrogen and oxygen atoms in total. The Balaban J connectivity index is 1.98. The van der Waals surface area contributed by atoms with E-state index < -0.39 is 23.8 Å². The molecule has 1 N–H and O–H groups in total. The van der Waals surface area contributed by atoms with Gasteiger partial charge in [0, 0.05) is 11.3 Å². The van der Waals surface area contributed by atoms with E-state index in [0.29, 0.717) is 17.0 Å². The molecular formula is C22H22F3N3O3S. The number of nitrogens with one attached hydrogen (secondary N) is 1. The van der Waals surface area contributed by atoms with Crippen molar-refractivity contribution in [2.24, 2.45) is 0 Å². The van der Waals surface area contributed by atoms with Gasteiger partial charge in [0.2, 0.25) is 5.91 Å². The summed E-state index contributed by atoms with van der Waals surface area (Å²) >= 11 is 1.45. The van der Waals surface area contributed by atoms with Crippen LogP contribution in [-0.2, 0) is 26.9 Å². The minimum atomic E-state index is -4.50. The molecule has 0 spiro atoms. The van der Waals surface area contributed by atoms with Crippen molar-refractivity contribution in [3.63, 3.8) is 0 Å². The van der Waals surface area contributed by atoms with Crippen LogP contribution < -0.4 is 5.32 Å². The molecule has 0 saturated carbocycles. The van der Waals surface area contributed by atoms with Crippen LogP contribution >= 0.6 is 11.3 Å². The number of carbonyl (C=O) groups excluding carboxylic acids is 2. The van der Waals surface area contributed by atoms with Crippen molar-refractivity contribution in [1.82, 2.24) is 15.1 Å². The van der Waals surface area contributed by atoms with Gasteiger partial charge in [-0.2, -0.15) is 29.6 Å². The number of amides is 1. The number of rotatable bonds is 7. The van der Waals surface area contributed by atoms with Crippen molar-refractivity contribution >= 4 is 23.2 Å². The van der Waals surface area contributed by atoms with E-state index in [1.807, 2.05) is 16.8 Å². The minimum Gasteiger partial charge on any atom is -0.464 e. The maximum absolute atomic E-state index is 13.1. The van der Waals surface area contributed by atoms with Crippen LogP contribution in [0.3, 0.4) is 0 Å². The summed E-state index contributed by atoms with van der Waals surface area (Å²) in [5.74, 6) is -1.05. The Kier molecular flexibility index (Phi) is 7.02. The number of aryl methyl sites for hydroxylation is 1. The van der Waals surface area contributed by atoms with Crippen molar-refractivity contribution in [2.75, 3.05) is 6.61 Å². The van der Waals surface area contributed by atoms with Crippen LogP contribution in [0.4, 0.5) is 13.2 Å². The number of thiophene rings is 1. The van der Waals surface area contributed by atoms with Crippen molar-refractivity contribution in [1.29, 1.82) is 0 Å². The van der Waals surface area contributed by atoms with E-state index in [2.05, 4.69) is 10.4 Å². The van der Waals surface area contributed by atoms with Crippen molar-refractivity contribution in [3.8, 4) is 5.69 Å². The number of ether oxygens (including phenoxy) is 1. The smallest absolute Gasteiger partial charge is 0.416 e. The Labute approximate surface area is 187 Å². The van der Waals surface area contributed by atoms with Crippen LogP contribution in [0.5, 0.6) is 0 Å². The average molecular weight is 465 g/mol. The van der Waals surface area contributed by atoms with Crippen LogP contribution in [-0.4, -0.2) is 28.3 Å². The molecule has 1 amide bonds. The molecule has 1 unspecified atom stereocenters. The number of nitrogens with zero attached hydrogens (tertiary/aromatic N) is 2. The van der Waals surface area contributed by atoms with Gasteiger partial charge in [-0.25, -0.2) is 9.48 Å². The molecule has 0 bridgehead atoms. The minimum absolute atomic E-state index is 0.0826. The maximum Gasteiger partial charge on any atom is 0.416 e. The fourth-order valence-corrected chi connectivity index (χ4v) is 4.07. The SMILES string of the molecule is CCOC(=O)C(NC(=O)Cc1ccsc1)c1c(C)nn(-c2cccc(C(F)(F)F)c2)c1C. The third-order valence-electron chi connectivity index (χ3n) is 4.83. The predicted octanol–water partition coefficient (Wildman–Crippen LogP) is 4.53. The predicted molar refractivity (Wildman–Crippen MR) is 114 cm³/mol. The summed E-state index contributed by atoms with van der Waals surface area (Å²) in [5, 5.41) is 10.7. The highest BCUT2D eigenvalue weighted by molar-refractivity contribution is 7.08. The zero-order chi connectivity index (χ0) is 23.5. The fourth-order valence-electron chi connectivity index (χ4n) is 3.40. The van der Waals surface area contributed by atoms with Crippen LogP contribution in [0, 0.1) is 13.8 Å².